The second-order valence-electron chi connectivity index (χ2n) is 9.64. The predicted octanol–water partition coefficient (Wildman–Crippen LogP) is 5.47. The highest BCUT2D eigenvalue weighted by Crippen LogP contribution is 2.26. The standard InChI is InChI=1S/C30H32N4O2/c1-21-9-8-13-25(19-21)28(23-11-4-3-5-12-23)32-30(35)24-15-17-34(18-16-24)20-27-31-29(33-36-27)26-14-7-6-10-22(26)2/h3-14,19,24,28H,15-18,20H2,1-2H3,(H,32,35). The van der Waals surface area contributed by atoms with Gasteiger partial charge in [-0.2, -0.15) is 4.98 Å². The first-order valence-electron chi connectivity index (χ1n) is 12.6. The van der Waals surface area contributed by atoms with Gasteiger partial charge in [0.25, 0.3) is 0 Å². The second kappa shape index (κ2) is 10.9. The van der Waals surface area contributed by atoms with E-state index in [1.54, 1.807) is 0 Å². The van der Waals surface area contributed by atoms with Crippen molar-refractivity contribution in [3.05, 3.63) is 107 Å². The number of hydrogen-bond donors (Lipinski definition) is 1. The maximum Gasteiger partial charge on any atom is 0.241 e. The third-order valence-corrected chi connectivity index (χ3v) is 6.97. The summed E-state index contributed by atoms with van der Waals surface area (Å²) in [5, 5.41) is 7.51. The molecule has 2 heterocycles. The third-order valence-electron chi connectivity index (χ3n) is 6.97. The van der Waals surface area contributed by atoms with E-state index in [4.69, 9.17) is 4.52 Å². The summed E-state index contributed by atoms with van der Waals surface area (Å²) >= 11 is 0. The number of amides is 1. The number of nitrogens with one attached hydrogen (secondary N) is 1. The van der Waals surface area contributed by atoms with E-state index in [2.05, 4.69) is 57.6 Å². The van der Waals surface area contributed by atoms with E-state index < -0.39 is 0 Å². The fourth-order valence-electron chi connectivity index (χ4n) is 4.91. The summed E-state index contributed by atoms with van der Waals surface area (Å²) in [6.07, 6.45) is 1.61. The third kappa shape index (κ3) is 5.55. The molecule has 1 aliphatic rings. The first-order chi connectivity index (χ1) is 17.6. The maximum absolute atomic E-state index is 13.3. The van der Waals surface area contributed by atoms with Gasteiger partial charge in [-0.25, -0.2) is 0 Å². The topological polar surface area (TPSA) is 71.3 Å². The molecule has 0 bridgehead atoms. The van der Waals surface area contributed by atoms with Gasteiger partial charge in [0.1, 0.15) is 0 Å². The Labute approximate surface area is 212 Å². The van der Waals surface area contributed by atoms with E-state index in [1.807, 2.05) is 55.5 Å². The van der Waals surface area contributed by atoms with Crippen LogP contribution in [-0.2, 0) is 11.3 Å². The van der Waals surface area contributed by atoms with Gasteiger partial charge in [-0.3, -0.25) is 9.69 Å². The molecule has 1 fully saturated rings. The lowest BCUT2D eigenvalue weighted by Gasteiger charge is -2.31. The van der Waals surface area contributed by atoms with Crippen LogP contribution in [0.2, 0.25) is 0 Å². The Morgan fingerprint density at radius 2 is 1.69 bits per heavy atom. The van der Waals surface area contributed by atoms with E-state index in [0.29, 0.717) is 18.3 Å². The molecule has 0 aliphatic carbocycles. The zero-order valence-corrected chi connectivity index (χ0v) is 20.9. The van der Waals surface area contributed by atoms with Crippen LogP contribution < -0.4 is 5.32 Å². The monoisotopic (exact) mass is 480 g/mol. The van der Waals surface area contributed by atoms with Crippen LogP contribution in [0.4, 0.5) is 0 Å². The molecule has 1 N–H and O–H groups in total. The zero-order chi connectivity index (χ0) is 24.9. The molecule has 1 aromatic heterocycles. The first-order valence-corrected chi connectivity index (χ1v) is 12.6. The summed E-state index contributed by atoms with van der Waals surface area (Å²) in [5.41, 5.74) is 5.49. The van der Waals surface area contributed by atoms with Gasteiger partial charge in [0, 0.05) is 11.5 Å². The Kier molecular flexibility index (Phi) is 7.23. The minimum Gasteiger partial charge on any atom is -0.345 e. The minimum absolute atomic E-state index is 0.0116. The number of benzene rings is 3. The van der Waals surface area contributed by atoms with Gasteiger partial charge in [0.05, 0.1) is 12.6 Å². The second-order valence-corrected chi connectivity index (χ2v) is 9.64. The maximum atomic E-state index is 13.3. The molecular formula is C30H32N4O2. The van der Waals surface area contributed by atoms with Crippen LogP contribution in [0.5, 0.6) is 0 Å². The summed E-state index contributed by atoms with van der Waals surface area (Å²) in [5.74, 6) is 1.34. The highest BCUT2D eigenvalue weighted by molar-refractivity contribution is 5.79. The Morgan fingerprint density at radius 1 is 0.972 bits per heavy atom. The number of nitrogens with zero attached hydrogens (tertiary/aromatic N) is 3. The fraction of sp³-hybridized carbons (Fsp3) is 0.300. The van der Waals surface area contributed by atoms with Crippen molar-refractivity contribution in [2.75, 3.05) is 13.1 Å². The van der Waals surface area contributed by atoms with Gasteiger partial charge < -0.3 is 9.84 Å². The van der Waals surface area contributed by atoms with Crippen LogP contribution in [0.15, 0.2) is 83.4 Å². The molecule has 3 aromatic carbocycles. The van der Waals surface area contributed by atoms with Crippen molar-refractivity contribution in [1.29, 1.82) is 0 Å². The largest absolute Gasteiger partial charge is 0.345 e. The number of aromatic nitrogens is 2. The molecule has 1 unspecified atom stereocenters. The molecule has 1 aliphatic heterocycles. The van der Waals surface area contributed by atoms with Crippen LogP contribution >= 0.6 is 0 Å². The van der Waals surface area contributed by atoms with Crippen LogP contribution in [-0.4, -0.2) is 34.0 Å². The van der Waals surface area contributed by atoms with Crippen molar-refractivity contribution in [3.63, 3.8) is 0 Å². The average molecular weight is 481 g/mol. The van der Waals surface area contributed by atoms with Crippen molar-refractivity contribution < 1.29 is 9.32 Å². The molecule has 6 nitrogen and oxygen atoms in total. The summed E-state index contributed by atoms with van der Waals surface area (Å²) in [6, 6.07) is 26.4. The van der Waals surface area contributed by atoms with Crippen molar-refractivity contribution in [2.24, 2.45) is 5.92 Å². The van der Waals surface area contributed by atoms with Crippen LogP contribution in [0.1, 0.15) is 47.0 Å². The molecule has 6 heteroatoms. The first kappa shape index (κ1) is 23.9. The average Bonchev–Trinajstić information content (AvgIpc) is 3.36. The summed E-state index contributed by atoms with van der Waals surface area (Å²) in [6.45, 7) is 6.36. The summed E-state index contributed by atoms with van der Waals surface area (Å²) in [4.78, 5) is 20.2. The molecule has 36 heavy (non-hydrogen) atoms. The summed E-state index contributed by atoms with van der Waals surface area (Å²) in [7, 11) is 0. The molecule has 0 saturated carbocycles. The number of piperidine rings is 1. The SMILES string of the molecule is Cc1cccc(C(NC(=O)C2CCN(Cc3nc(-c4ccccc4C)no3)CC2)c2ccccc2)c1. The van der Waals surface area contributed by atoms with E-state index in [-0.39, 0.29) is 17.9 Å². The molecule has 184 valence electrons. The minimum atomic E-state index is -0.158. The molecule has 1 saturated heterocycles. The lowest BCUT2D eigenvalue weighted by molar-refractivity contribution is -0.127. The Morgan fingerprint density at radius 3 is 2.44 bits per heavy atom. The fourth-order valence-corrected chi connectivity index (χ4v) is 4.91. The Bertz CT molecular complexity index is 1310. The molecular weight excluding hydrogens is 448 g/mol. The predicted molar refractivity (Wildman–Crippen MR) is 140 cm³/mol. The summed E-state index contributed by atoms with van der Waals surface area (Å²) < 4.78 is 5.53. The molecule has 0 spiro atoms. The molecule has 4 aromatic rings. The van der Waals surface area contributed by atoms with Crippen LogP contribution in [0.25, 0.3) is 11.4 Å². The number of carbonyl (C=O) groups is 1. The van der Waals surface area contributed by atoms with Crippen LogP contribution in [0.3, 0.4) is 0 Å². The molecule has 5 rings (SSSR count). The molecule has 1 atom stereocenters. The number of rotatable bonds is 7. The van der Waals surface area contributed by atoms with Gasteiger partial charge >= 0.3 is 0 Å². The lowest BCUT2D eigenvalue weighted by atomic mass is 9.93. The van der Waals surface area contributed by atoms with E-state index in [9.17, 15) is 4.79 Å². The lowest BCUT2D eigenvalue weighted by Crippen LogP contribution is -2.41. The van der Waals surface area contributed by atoms with E-state index in [1.165, 1.54) is 5.56 Å². The highest BCUT2D eigenvalue weighted by atomic mass is 16.5. The van der Waals surface area contributed by atoms with Crippen molar-refractivity contribution in [3.8, 4) is 11.4 Å². The van der Waals surface area contributed by atoms with E-state index in [0.717, 1.165) is 48.2 Å². The Hall–Kier alpha value is -3.77. The van der Waals surface area contributed by atoms with Gasteiger partial charge in [0.15, 0.2) is 0 Å². The highest BCUT2D eigenvalue weighted by Gasteiger charge is 2.28. The van der Waals surface area contributed by atoms with Gasteiger partial charge in [-0.15, -0.1) is 0 Å². The zero-order valence-electron chi connectivity index (χ0n) is 20.9. The van der Waals surface area contributed by atoms with Gasteiger partial charge in [-0.1, -0.05) is 89.6 Å². The van der Waals surface area contributed by atoms with E-state index >= 15 is 0 Å². The number of hydrogen-bond acceptors (Lipinski definition) is 5. The molecule has 0 radical (unpaired) electrons. The Balaban J connectivity index is 1.20. The van der Waals surface area contributed by atoms with Gasteiger partial charge in [0.2, 0.25) is 17.6 Å². The quantitative estimate of drug-likeness (QED) is 0.380. The molecule has 1 amide bonds. The van der Waals surface area contributed by atoms with Crippen molar-refractivity contribution >= 4 is 5.91 Å². The van der Waals surface area contributed by atoms with Crippen molar-refractivity contribution in [2.45, 2.75) is 39.3 Å². The van der Waals surface area contributed by atoms with Crippen LogP contribution in [0, 0.1) is 19.8 Å². The number of carbonyl (C=O) groups excluding carboxylic acids is 1. The number of aryl methyl sites for hydroxylation is 2. The normalized spacial score (nSPS) is 15.5. The number of likely N-dealkylation sites (tertiary alicyclic amines) is 1. The van der Waals surface area contributed by atoms with Gasteiger partial charge in [-0.05, 0) is 56.5 Å². The van der Waals surface area contributed by atoms with Crippen molar-refractivity contribution in [1.82, 2.24) is 20.4 Å². The smallest absolute Gasteiger partial charge is 0.241 e.